The molecule has 0 aliphatic carbocycles. The Morgan fingerprint density at radius 3 is 2.43 bits per heavy atom. The minimum Gasteiger partial charge on any atom is -0.480 e. The molecule has 0 bridgehead atoms. The van der Waals surface area contributed by atoms with E-state index < -0.39 is 24.0 Å². The summed E-state index contributed by atoms with van der Waals surface area (Å²) in [6, 6.07) is 2.01. The third kappa shape index (κ3) is 5.70. The highest BCUT2D eigenvalue weighted by Crippen LogP contribution is 2.33. The summed E-state index contributed by atoms with van der Waals surface area (Å²) in [5.74, 6) is -1.73. The summed E-state index contributed by atoms with van der Waals surface area (Å²) in [6.07, 6.45) is -1.43. The van der Waals surface area contributed by atoms with Crippen molar-refractivity contribution in [1.29, 1.82) is 0 Å². The van der Waals surface area contributed by atoms with E-state index in [-0.39, 0.29) is 25.3 Å². The highest BCUT2D eigenvalue weighted by molar-refractivity contribution is 7.22. The first-order valence-corrected chi connectivity index (χ1v) is 9.93. The van der Waals surface area contributed by atoms with Crippen molar-refractivity contribution >= 4 is 67.9 Å². The number of anilines is 1. The van der Waals surface area contributed by atoms with Crippen LogP contribution in [-0.2, 0) is 9.59 Å². The molecule has 2 amide bonds. The molecule has 1 aromatic carbocycles. The van der Waals surface area contributed by atoms with Crippen molar-refractivity contribution in [3.8, 4) is 0 Å². The Morgan fingerprint density at radius 1 is 1.21 bits per heavy atom. The van der Waals surface area contributed by atoms with Crippen molar-refractivity contribution in [2.75, 3.05) is 11.9 Å². The second-order valence-corrected chi connectivity index (χ2v) is 8.36. The first kappa shape index (κ1) is 22.2. The number of amides is 2. The largest absolute Gasteiger partial charge is 0.480 e. The summed E-state index contributed by atoms with van der Waals surface area (Å²) >= 11 is 13.1. The predicted octanol–water partition coefficient (Wildman–Crippen LogP) is 4.41. The number of fused-ring (bicyclic) bond motifs is 1. The molecule has 0 spiro atoms. The van der Waals surface area contributed by atoms with Gasteiger partial charge in [-0.25, -0.2) is 14.6 Å². The first-order valence-electron chi connectivity index (χ1n) is 8.36. The zero-order valence-corrected chi connectivity index (χ0v) is 17.4. The van der Waals surface area contributed by atoms with Gasteiger partial charge >= 0.3 is 12.1 Å². The van der Waals surface area contributed by atoms with Crippen LogP contribution in [0.5, 0.6) is 0 Å². The van der Waals surface area contributed by atoms with Gasteiger partial charge in [0.2, 0.25) is 5.91 Å². The van der Waals surface area contributed by atoms with Crippen molar-refractivity contribution in [1.82, 2.24) is 9.88 Å². The van der Waals surface area contributed by atoms with Crippen LogP contribution in [0.25, 0.3) is 10.2 Å². The van der Waals surface area contributed by atoms with Crippen LogP contribution in [0, 0.1) is 5.92 Å². The number of thiazole rings is 1. The number of carboxylic acids is 1. The zero-order valence-electron chi connectivity index (χ0n) is 15.1. The molecule has 1 heterocycles. The lowest BCUT2D eigenvalue weighted by molar-refractivity contribution is -0.143. The summed E-state index contributed by atoms with van der Waals surface area (Å²) in [6.45, 7) is 3.36. The van der Waals surface area contributed by atoms with E-state index in [2.05, 4.69) is 10.3 Å². The fraction of sp³-hybridized carbons (Fsp3) is 0.412. The number of hydrogen-bond donors (Lipinski definition) is 3. The number of aliphatic carboxylic acids is 1. The van der Waals surface area contributed by atoms with Crippen molar-refractivity contribution in [2.24, 2.45) is 5.92 Å². The number of nitrogens with zero attached hydrogens (tertiary/aromatic N) is 2. The van der Waals surface area contributed by atoms with Gasteiger partial charge in [-0.2, -0.15) is 0 Å². The second-order valence-electron chi connectivity index (χ2n) is 6.51. The van der Waals surface area contributed by atoms with Gasteiger partial charge in [-0.3, -0.25) is 9.69 Å². The van der Waals surface area contributed by atoms with E-state index in [1.54, 1.807) is 26.0 Å². The Hall–Kier alpha value is -2.10. The number of carbonyl (C=O) groups excluding carboxylic acids is 1. The number of hydrogen-bond acceptors (Lipinski definition) is 5. The van der Waals surface area contributed by atoms with Gasteiger partial charge in [0.05, 0.1) is 20.3 Å². The summed E-state index contributed by atoms with van der Waals surface area (Å²) in [5, 5.41) is 22.3. The summed E-state index contributed by atoms with van der Waals surface area (Å²) in [4.78, 5) is 40.1. The van der Waals surface area contributed by atoms with Crippen molar-refractivity contribution in [3.05, 3.63) is 22.2 Å². The zero-order chi connectivity index (χ0) is 21.0. The normalized spacial score (nSPS) is 12.2. The van der Waals surface area contributed by atoms with Crippen molar-refractivity contribution < 1.29 is 24.6 Å². The fourth-order valence-electron chi connectivity index (χ4n) is 2.57. The van der Waals surface area contributed by atoms with Crippen molar-refractivity contribution in [3.63, 3.8) is 0 Å². The SMILES string of the molecule is CC(C)C[C@@H](C(=O)O)N(CCC(=O)Nc1nc2cc(Cl)c(Cl)cc2s1)C(=O)O. The quantitative estimate of drug-likeness (QED) is 0.550. The number of rotatable bonds is 8. The molecule has 1 aromatic heterocycles. The number of carbonyl (C=O) groups is 3. The van der Waals surface area contributed by atoms with Gasteiger partial charge < -0.3 is 15.5 Å². The Morgan fingerprint density at radius 2 is 1.86 bits per heavy atom. The van der Waals surface area contributed by atoms with E-state index in [0.717, 1.165) is 9.60 Å². The lowest BCUT2D eigenvalue weighted by Gasteiger charge is -2.27. The van der Waals surface area contributed by atoms with Crippen LogP contribution in [0.15, 0.2) is 12.1 Å². The second kappa shape index (κ2) is 9.40. The van der Waals surface area contributed by atoms with E-state index in [9.17, 15) is 24.6 Å². The predicted molar refractivity (Wildman–Crippen MR) is 108 cm³/mol. The smallest absolute Gasteiger partial charge is 0.408 e. The molecule has 0 saturated heterocycles. The number of halogens is 2. The van der Waals surface area contributed by atoms with E-state index >= 15 is 0 Å². The maximum Gasteiger partial charge on any atom is 0.408 e. The number of nitrogens with one attached hydrogen (secondary N) is 1. The van der Waals surface area contributed by atoms with E-state index in [1.807, 2.05) is 0 Å². The highest BCUT2D eigenvalue weighted by Gasteiger charge is 2.30. The molecule has 0 fully saturated rings. The van der Waals surface area contributed by atoms with Gasteiger partial charge in [0, 0.05) is 13.0 Å². The Labute approximate surface area is 175 Å². The van der Waals surface area contributed by atoms with Gasteiger partial charge in [-0.1, -0.05) is 48.4 Å². The lowest BCUT2D eigenvalue weighted by atomic mass is 10.0. The van der Waals surface area contributed by atoms with Crippen LogP contribution < -0.4 is 5.32 Å². The van der Waals surface area contributed by atoms with Gasteiger partial charge in [0.15, 0.2) is 5.13 Å². The molecular formula is C17H19Cl2N3O5S. The standard InChI is InChI=1S/C17H19Cl2N3O5S/c1-8(2)5-12(15(24)25)22(17(26)27)4-3-14(23)21-16-20-11-6-9(18)10(19)7-13(11)28-16/h6-8,12H,3-5H2,1-2H3,(H,24,25)(H,26,27)(H,20,21,23)/t12-/m0/s1. The molecular weight excluding hydrogens is 429 g/mol. The minimum absolute atomic E-state index is 0.0156. The number of benzene rings is 1. The number of aromatic nitrogens is 1. The van der Waals surface area contributed by atoms with Gasteiger partial charge in [-0.15, -0.1) is 0 Å². The monoisotopic (exact) mass is 447 g/mol. The summed E-state index contributed by atoms with van der Waals surface area (Å²) < 4.78 is 0.736. The fourth-order valence-corrected chi connectivity index (χ4v) is 3.86. The highest BCUT2D eigenvalue weighted by atomic mass is 35.5. The first-order chi connectivity index (χ1) is 13.1. The van der Waals surface area contributed by atoms with Gasteiger partial charge in [-0.05, 0) is 24.5 Å². The van der Waals surface area contributed by atoms with Gasteiger partial charge in [0.25, 0.3) is 0 Å². The Balaban J connectivity index is 2.04. The molecule has 11 heteroatoms. The van der Waals surface area contributed by atoms with Crippen molar-refractivity contribution in [2.45, 2.75) is 32.7 Å². The summed E-state index contributed by atoms with van der Waals surface area (Å²) in [5.41, 5.74) is 0.574. The van der Waals surface area contributed by atoms with Crippen LogP contribution in [-0.4, -0.2) is 50.7 Å². The maximum absolute atomic E-state index is 12.2. The average Bonchev–Trinajstić information content (AvgIpc) is 2.94. The molecule has 2 aromatic rings. The van der Waals surface area contributed by atoms with E-state index in [4.69, 9.17) is 23.2 Å². The van der Waals surface area contributed by atoms with E-state index in [1.165, 1.54) is 11.3 Å². The van der Waals surface area contributed by atoms with Crippen LogP contribution in [0.2, 0.25) is 10.0 Å². The summed E-state index contributed by atoms with van der Waals surface area (Å²) in [7, 11) is 0. The average molecular weight is 448 g/mol. The molecule has 0 aliphatic rings. The Bertz CT molecular complexity index is 863. The molecule has 1 atom stereocenters. The van der Waals surface area contributed by atoms with Crippen LogP contribution >= 0.6 is 34.5 Å². The number of carboxylic acid groups (broad SMARTS) is 2. The minimum atomic E-state index is -1.38. The van der Waals surface area contributed by atoms with Crippen LogP contribution in [0.3, 0.4) is 0 Å². The lowest BCUT2D eigenvalue weighted by Crippen LogP contribution is -2.46. The molecule has 2 rings (SSSR count). The van der Waals surface area contributed by atoms with E-state index in [0.29, 0.717) is 20.7 Å². The molecule has 28 heavy (non-hydrogen) atoms. The third-order valence-electron chi connectivity index (χ3n) is 3.86. The molecule has 8 nitrogen and oxygen atoms in total. The molecule has 0 unspecified atom stereocenters. The molecule has 0 aliphatic heterocycles. The topological polar surface area (TPSA) is 120 Å². The molecule has 0 saturated carbocycles. The van der Waals surface area contributed by atoms with Crippen LogP contribution in [0.1, 0.15) is 26.7 Å². The Kier molecular flexibility index (Phi) is 7.45. The third-order valence-corrected chi connectivity index (χ3v) is 5.51. The molecule has 152 valence electrons. The van der Waals surface area contributed by atoms with Gasteiger partial charge in [0.1, 0.15) is 6.04 Å². The van der Waals surface area contributed by atoms with Crippen LogP contribution in [0.4, 0.5) is 9.93 Å². The maximum atomic E-state index is 12.2. The molecule has 3 N–H and O–H groups in total. The molecule has 0 radical (unpaired) electrons.